The van der Waals surface area contributed by atoms with E-state index in [1.54, 1.807) is 34.8 Å². The van der Waals surface area contributed by atoms with Crippen molar-refractivity contribution in [1.82, 2.24) is 4.98 Å². The number of hydrazone groups is 1. The predicted octanol–water partition coefficient (Wildman–Crippen LogP) is 5.01. The van der Waals surface area contributed by atoms with Gasteiger partial charge in [-0.15, -0.1) is 22.7 Å². The monoisotopic (exact) mass is 343 g/mol. The summed E-state index contributed by atoms with van der Waals surface area (Å²) in [6.45, 7) is 1.97. The van der Waals surface area contributed by atoms with Crippen molar-refractivity contribution in [2.24, 2.45) is 5.10 Å². The highest BCUT2D eigenvalue weighted by molar-refractivity contribution is 7.13. The van der Waals surface area contributed by atoms with E-state index in [1.807, 2.05) is 34.8 Å². The first-order chi connectivity index (χ1) is 11.2. The van der Waals surface area contributed by atoms with E-state index in [0.29, 0.717) is 0 Å². The summed E-state index contributed by atoms with van der Waals surface area (Å²) in [5.41, 5.74) is 2.93. The Bertz CT molecular complexity index is 854. The Morgan fingerprint density at radius 3 is 2.83 bits per heavy atom. The molecule has 0 amide bonds. The summed E-state index contributed by atoms with van der Waals surface area (Å²) in [7, 11) is 0. The van der Waals surface area contributed by atoms with Crippen LogP contribution in [-0.4, -0.2) is 10.7 Å². The molecule has 0 bridgehead atoms. The fourth-order valence-electron chi connectivity index (χ4n) is 2.70. The second-order valence-electron chi connectivity index (χ2n) is 5.41. The van der Waals surface area contributed by atoms with E-state index in [4.69, 9.17) is 5.10 Å². The molecule has 2 aromatic heterocycles. The molecule has 0 aliphatic carbocycles. The maximum Gasteiger partial charge on any atom is 0.206 e. The highest BCUT2D eigenvalue weighted by atomic mass is 32.1. The van der Waals surface area contributed by atoms with Crippen LogP contribution in [0.2, 0.25) is 0 Å². The van der Waals surface area contributed by atoms with Gasteiger partial charge < -0.3 is 0 Å². The first-order valence-electron chi connectivity index (χ1n) is 7.29. The van der Waals surface area contributed by atoms with Crippen LogP contribution in [0.4, 0.5) is 9.52 Å². The molecule has 3 aromatic rings. The summed E-state index contributed by atoms with van der Waals surface area (Å²) in [6.07, 6.45) is 0.753. The minimum absolute atomic E-state index is 0.0200. The number of aryl methyl sites for hydroxylation is 1. The van der Waals surface area contributed by atoms with Gasteiger partial charge in [-0.1, -0.05) is 18.2 Å². The van der Waals surface area contributed by atoms with E-state index in [-0.39, 0.29) is 11.9 Å². The predicted molar refractivity (Wildman–Crippen MR) is 93.9 cm³/mol. The van der Waals surface area contributed by atoms with Crippen LogP contribution >= 0.6 is 22.7 Å². The quantitative estimate of drug-likeness (QED) is 0.669. The largest absolute Gasteiger partial charge is 0.231 e. The number of anilines is 1. The van der Waals surface area contributed by atoms with Crippen LogP contribution in [0, 0.1) is 12.7 Å². The molecule has 1 aromatic carbocycles. The average Bonchev–Trinajstić information content (AvgIpc) is 3.26. The van der Waals surface area contributed by atoms with Crippen LogP contribution in [0.5, 0.6) is 0 Å². The van der Waals surface area contributed by atoms with Crippen LogP contribution in [-0.2, 0) is 0 Å². The molecule has 0 unspecified atom stereocenters. The van der Waals surface area contributed by atoms with Gasteiger partial charge in [-0.25, -0.2) is 14.4 Å². The summed E-state index contributed by atoms with van der Waals surface area (Å²) in [5.74, 6) is -0.220. The zero-order valence-electron chi connectivity index (χ0n) is 12.4. The molecule has 1 aliphatic heterocycles. The van der Waals surface area contributed by atoms with Gasteiger partial charge in [0.25, 0.3) is 0 Å². The van der Waals surface area contributed by atoms with Gasteiger partial charge in [-0.05, 0) is 36.1 Å². The van der Waals surface area contributed by atoms with E-state index in [2.05, 4.69) is 11.1 Å². The SMILES string of the molecule is Cc1csc(N2N=C(c3cccs3)C[C@H]2c2cccc(F)c2)n1. The van der Waals surface area contributed by atoms with Crippen molar-refractivity contribution < 1.29 is 4.39 Å². The molecule has 3 nitrogen and oxygen atoms in total. The van der Waals surface area contributed by atoms with Crippen LogP contribution in [0.15, 0.2) is 52.3 Å². The molecule has 0 spiro atoms. The molecule has 23 heavy (non-hydrogen) atoms. The number of benzene rings is 1. The summed E-state index contributed by atoms with van der Waals surface area (Å²) in [4.78, 5) is 5.71. The van der Waals surface area contributed by atoms with Crippen molar-refractivity contribution in [3.63, 3.8) is 0 Å². The number of aromatic nitrogens is 1. The van der Waals surface area contributed by atoms with Crippen molar-refractivity contribution in [2.45, 2.75) is 19.4 Å². The Balaban J connectivity index is 1.75. The summed E-state index contributed by atoms with van der Waals surface area (Å²) in [5, 5.41) is 11.6. The number of rotatable bonds is 3. The maximum atomic E-state index is 13.7. The molecule has 116 valence electrons. The van der Waals surface area contributed by atoms with E-state index >= 15 is 0 Å². The second kappa shape index (κ2) is 5.86. The highest BCUT2D eigenvalue weighted by Gasteiger charge is 2.32. The summed E-state index contributed by atoms with van der Waals surface area (Å²) >= 11 is 3.24. The van der Waals surface area contributed by atoms with Gasteiger partial charge in [0.1, 0.15) is 5.82 Å². The third kappa shape index (κ3) is 2.80. The Morgan fingerprint density at radius 2 is 2.13 bits per heavy atom. The molecule has 1 aliphatic rings. The summed E-state index contributed by atoms with van der Waals surface area (Å²) in [6, 6.07) is 10.8. The zero-order valence-corrected chi connectivity index (χ0v) is 14.1. The van der Waals surface area contributed by atoms with Crippen molar-refractivity contribution in [3.8, 4) is 0 Å². The third-order valence-electron chi connectivity index (χ3n) is 3.75. The van der Waals surface area contributed by atoms with Crippen molar-refractivity contribution >= 4 is 33.5 Å². The Labute approximate surface area is 141 Å². The van der Waals surface area contributed by atoms with E-state index in [1.165, 1.54) is 6.07 Å². The fourth-order valence-corrected chi connectivity index (χ4v) is 4.22. The number of thiazole rings is 1. The molecule has 4 rings (SSSR count). The second-order valence-corrected chi connectivity index (χ2v) is 7.20. The summed E-state index contributed by atoms with van der Waals surface area (Å²) < 4.78 is 13.7. The van der Waals surface area contributed by atoms with Crippen LogP contribution in [0.25, 0.3) is 0 Å². The lowest BCUT2D eigenvalue weighted by molar-refractivity contribution is 0.618. The topological polar surface area (TPSA) is 28.5 Å². The molecular formula is C17H14FN3S2. The molecule has 1 atom stereocenters. The van der Waals surface area contributed by atoms with Gasteiger partial charge in [-0.2, -0.15) is 5.10 Å². The van der Waals surface area contributed by atoms with E-state index in [0.717, 1.165) is 33.4 Å². The average molecular weight is 343 g/mol. The molecule has 0 saturated carbocycles. The molecule has 0 fully saturated rings. The van der Waals surface area contributed by atoms with E-state index < -0.39 is 0 Å². The number of thiophene rings is 1. The Hall–Kier alpha value is -2.05. The minimum Gasteiger partial charge on any atom is -0.231 e. The lowest BCUT2D eigenvalue weighted by Crippen LogP contribution is -2.18. The molecule has 0 N–H and O–H groups in total. The lowest BCUT2D eigenvalue weighted by Gasteiger charge is -2.21. The standard InChI is InChI=1S/C17H14FN3S2/c1-11-10-23-17(19-11)21-15(12-4-2-5-13(18)8-12)9-14(20-21)16-6-3-7-22-16/h2-8,10,15H,9H2,1H3/t15-/m0/s1. The third-order valence-corrected chi connectivity index (χ3v) is 5.62. The van der Waals surface area contributed by atoms with Gasteiger partial charge in [0.2, 0.25) is 5.13 Å². The normalized spacial score (nSPS) is 17.6. The first kappa shape index (κ1) is 14.5. The first-order valence-corrected chi connectivity index (χ1v) is 9.05. The molecule has 0 saturated heterocycles. The molecule has 6 heteroatoms. The van der Waals surface area contributed by atoms with Crippen molar-refractivity contribution in [1.29, 1.82) is 0 Å². The van der Waals surface area contributed by atoms with Crippen LogP contribution < -0.4 is 5.01 Å². The zero-order chi connectivity index (χ0) is 15.8. The number of halogens is 1. The fraction of sp³-hybridized carbons (Fsp3) is 0.176. The highest BCUT2D eigenvalue weighted by Crippen LogP contribution is 2.38. The number of hydrogen-bond acceptors (Lipinski definition) is 5. The number of hydrogen-bond donors (Lipinski definition) is 0. The van der Waals surface area contributed by atoms with Gasteiger partial charge in [0.15, 0.2) is 0 Å². The minimum atomic E-state index is -0.220. The molecule has 3 heterocycles. The van der Waals surface area contributed by atoms with Gasteiger partial charge >= 0.3 is 0 Å². The van der Waals surface area contributed by atoms with Gasteiger partial charge in [0.05, 0.1) is 22.3 Å². The lowest BCUT2D eigenvalue weighted by atomic mass is 10.0. The van der Waals surface area contributed by atoms with Gasteiger partial charge in [0, 0.05) is 11.8 Å². The smallest absolute Gasteiger partial charge is 0.206 e. The molecule has 0 radical (unpaired) electrons. The van der Waals surface area contributed by atoms with Crippen molar-refractivity contribution in [3.05, 3.63) is 69.1 Å². The molecular weight excluding hydrogens is 329 g/mol. The maximum absolute atomic E-state index is 13.7. The Kier molecular flexibility index (Phi) is 3.71. The van der Waals surface area contributed by atoms with E-state index in [9.17, 15) is 4.39 Å². The number of nitrogens with zero attached hydrogens (tertiary/aromatic N) is 3. The Morgan fingerprint density at radius 1 is 1.22 bits per heavy atom. The van der Waals surface area contributed by atoms with Gasteiger partial charge in [-0.3, -0.25) is 0 Å². The van der Waals surface area contributed by atoms with Crippen LogP contribution in [0.1, 0.15) is 28.6 Å². The van der Waals surface area contributed by atoms with Crippen LogP contribution in [0.3, 0.4) is 0 Å². The van der Waals surface area contributed by atoms with Crippen molar-refractivity contribution in [2.75, 3.05) is 5.01 Å².